The van der Waals surface area contributed by atoms with E-state index in [1.807, 2.05) is 21.1 Å². The Morgan fingerprint density at radius 2 is 0.823 bits per heavy atom. The predicted octanol–water partition coefficient (Wildman–Crippen LogP) is 15.1. The summed E-state index contributed by atoms with van der Waals surface area (Å²) in [6.07, 6.45) is 49.5. The van der Waals surface area contributed by atoms with Gasteiger partial charge in [-0.15, -0.1) is 0 Å². The molecule has 0 fully saturated rings. The van der Waals surface area contributed by atoms with Gasteiger partial charge in [-0.3, -0.25) is 14.2 Å². The number of ether oxygens (including phenoxy) is 2. The molecule has 0 aliphatic heterocycles. The summed E-state index contributed by atoms with van der Waals surface area (Å²) < 4.78 is 34.1. The normalized spacial score (nSPS) is 13.5. The number of unbranched alkanes of at least 4 members (excludes halogenated alkanes) is 33. The van der Waals surface area contributed by atoms with E-state index in [2.05, 4.69) is 26.0 Å². The molecular weight excluding hydrogens is 798 g/mol. The van der Waals surface area contributed by atoms with E-state index >= 15 is 0 Å². The number of hydrogen-bond donors (Lipinski definition) is 0. The Bertz CT molecular complexity index is 1060. The number of carbonyl (C=O) groups is 2. The maximum absolute atomic E-state index is 12.7. The zero-order valence-electron chi connectivity index (χ0n) is 41.6. The van der Waals surface area contributed by atoms with Gasteiger partial charge in [-0.2, -0.15) is 0 Å². The van der Waals surface area contributed by atoms with E-state index in [1.165, 1.54) is 180 Å². The lowest BCUT2D eigenvalue weighted by atomic mass is 10.0. The predicted molar refractivity (Wildman–Crippen MR) is 259 cm³/mol. The Morgan fingerprint density at radius 1 is 0.484 bits per heavy atom. The monoisotopic (exact) mass is 900 g/mol. The van der Waals surface area contributed by atoms with Crippen molar-refractivity contribution in [2.24, 2.45) is 0 Å². The molecule has 0 aromatic heterocycles. The largest absolute Gasteiger partial charge is 0.756 e. The highest BCUT2D eigenvalue weighted by atomic mass is 31.2. The van der Waals surface area contributed by atoms with Crippen LogP contribution < -0.4 is 4.89 Å². The molecule has 0 rings (SSSR count). The van der Waals surface area contributed by atoms with E-state index in [-0.39, 0.29) is 32.0 Å². The van der Waals surface area contributed by atoms with Crippen LogP contribution in [-0.4, -0.2) is 70.0 Å². The third-order valence-corrected chi connectivity index (χ3v) is 12.7. The fourth-order valence-electron chi connectivity index (χ4n) is 7.65. The number of allylic oxidation sites excluding steroid dienone is 2. The lowest BCUT2D eigenvalue weighted by Gasteiger charge is -2.28. The van der Waals surface area contributed by atoms with Gasteiger partial charge in [0.05, 0.1) is 27.7 Å². The van der Waals surface area contributed by atoms with Gasteiger partial charge in [0.15, 0.2) is 6.10 Å². The number of rotatable bonds is 49. The van der Waals surface area contributed by atoms with E-state index in [1.54, 1.807) is 0 Å². The third kappa shape index (κ3) is 48.2. The summed E-state index contributed by atoms with van der Waals surface area (Å²) in [5.41, 5.74) is 0. The fraction of sp³-hybridized carbons (Fsp3) is 0.923. The summed E-state index contributed by atoms with van der Waals surface area (Å²) in [6, 6.07) is 0. The Balaban J connectivity index is 4.21. The molecule has 0 aromatic carbocycles. The van der Waals surface area contributed by atoms with Gasteiger partial charge in [0.1, 0.15) is 19.8 Å². The smallest absolute Gasteiger partial charge is 0.306 e. The number of carbonyl (C=O) groups excluding carboxylic acids is 2. The first-order valence-electron chi connectivity index (χ1n) is 26.4. The Labute approximate surface area is 384 Å². The van der Waals surface area contributed by atoms with E-state index in [9.17, 15) is 19.0 Å². The SMILES string of the molecule is CCCCCCCCCC/C=C\CCCCCCCCCC(=O)O[C@H](COC(=O)CCCCCCCCCCCCCCCCCCCCC)COP(=O)([O-])OCC[N+](C)(C)C. The molecule has 0 aromatic rings. The third-order valence-electron chi connectivity index (χ3n) is 11.8. The molecule has 0 saturated heterocycles. The minimum Gasteiger partial charge on any atom is -0.756 e. The van der Waals surface area contributed by atoms with Gasteiger partial charge in [0.2, 0.25) is 0 Å². The van der Waals surface area contributed by atoms with E-state index in [4.69, 9.17) is 18.5 Å². The quantitative estimate of drug-likeness (QED) is 0.0195. The van der Waals surface area contributed by atoms with Gasteiger partial charge >= 0.3 is 11.9 Å². The lowest BCUT2D eigenvalue weighted by molar-refractivity contribution is -0.870. The van der Waals surface area contributed by atoms with Crippen molar-refractivity contribution in [1.82, 2.24) is 0 Å². The molecule has 0 bridgehead atoms. The Morgan fingerprint density at radius 3 is 1.19 bits per heavy atom. The molecule has 2 atom stereocenters. The molecule has 62 heavy (non-hydrogen) atoms. The molecule has 0 N–H and O–H groups in total. The Kier molecular flexibility index (Phi) is 44.0. The highest BCUT2D eigenvalue weighted by Crippen LogP contribution is 2.38. The number of likely N-dealkylation sites (N-methyl/N-ethyl adjacent to an activating group) is 1. The molecule has 368 valence electrons. The van der Waals surface area contributed by atoms with E-state index < -0.39 is 26.5 Å². The van der Waals surface area contributed by atoms with Crippen molar-refractivity contribution in [1.29, 1.82) is 0 Å². The molecule has 1 unspecified atom stereocenters. The summed E-state index contributed by atoms with van der Waals surface area (Å²) in [4.78, 5) is 37.7. The summed E-state index contributed by atoms with van der Waals surface area (Å²) in [5, 5.41) is 0. The number of nitrogens with zero attached hydrogens (tertiary/aromatic N) is 1. The van der Waals surface area contributed by atoms with Crippen molar-refractivity contribution in [3.05, 3.63) is 12.2 Å². The van der Waals surface area contributed by atoms with Crippen molar-refractivity contribution >= 4 is 19.8 Å². The van der Waals surface area contributed by atoms with Crippen LogP contribution in [0.5, 0.6) is 0 Å². The maximum atomic E-state index is 12.7. The molecule has 0 radical (unpaired) electrons. The summed E-state index contributed by atoms with van der Waals surface area (Å²) in [6.45, 7) is 4.28. The van der Waals surface area contributed by atoms with Crippen LogP contribution in [0, 0.1) is 0 Å². The molecule has 0 saturated carbocycles. The minimum absolute atomic E-state index is 0.0282. The standard InChI is InChI=1S/C52H102NO8P/c1-6-8-10-12-14-16-18-20-22-24-26-28-30-32-34-36-38-40-42-44-51(54)58-48-50(49-60-62(56,57)59-47-46-53(3,4)5)61-52(55)45-43-41-39-37-35-33-31-29-27-25-23-21-19-17-15-13-11-9-7-2/h25,27,50H,6-24,26,28-49H2,1-5H3/b27-25-/t50-/m1/s1. The fourth-order valence-corrected chi connectivity index (χ4v) is 8.38. The first kappa shape index (κ1) is 60.8. The van der Waals surface area contributed by atoms with E-state index in [0.29, 0.717) is 17.4 Å². The van der Waals surface area contributed by atoms with Crippen LogP contribution in [0.15, 0.2) is 12.2 Å². The van der Waals surface area contributed by atoms with E-state index in [0.717, 1.165) is 44.9 Å². The summed E-state index contributed by atoms with van der Waals surface area (Å²) in [5.74, 6) is -0.823. The number of quaternary nitrogens is 1. The van der Waals surface area contributed by atoms with Crippen LogP contribution in [0.1, 0.15) is 258 Å². The van der Waals surface area contributed by atoms with Gasteiger partial charge in [0.25, 0.3) is 7.82 Å². The highest BCUT2D eigenvalue weighted by molar-refractivity contribution is 7.45. The second-order valence-electron chi connectivity index (χ2n) is 19.2. The number of phosphoric ester groups is 1. The van der Waals surface area contributed by atoms with Crippen LogP contribution in [-0.2, 0) is 32.7 Å². The van der Waals surface area contributed by atoms with Crippen molar-refractivity contribution in [2.75, 3.05) is 47.5 Å². The number of hydrogen-bond acceptors (Lipinski definition) is 8. The van der Waals surface area contributed by atoms with Gasteiger partial charge in [-0.1, -0.05) is 219 Å². The molecule has 9 nitrogen and oxygen atoms in total. The van der Waals surface area contributed by atoms with Crippen molar-refractivity contribution in [3.8, 4) is 0 Å². The van der Waals surface area contributed by atoms with Gasteiger partial charge < -0.3 is 27.9 Å². The summed E-state index contributed by atoms with van der Waals surface area (Å²) >= 11 is 0. The van der Waals surface area contributed by atoms with Crippen LogP contribution in [0.2, 0.25) is 0 Å². The highest BCUT2D eigenvalue weighted by Gasteiger charge is 2.21. The molecule has 0 amide bonds. The van der Waals surface area contributed by atoms with Crippen LogP contribution in [0.25, 0.3) is 0 Å². The average molecular weight is 900 g/mol. The zero-order valence-corrected chi connectivity index (χ0v) is 42.5. The number of esters is 2. The second-order valence-corrected chi connectivity index (χ2v) is 20.7. The summed E-state index contributed by atoms with van der Waals surface area (Å²) in [7, 11) is 1.18. The lowest BCUT2D eigenvalue weighted by Crippen LogP contribution is -2.37. The minimum atomic E-state index is -4.63. The van der Waals surface area contributed by atoms with Gasteiger partial charge in [0, 0.05) is 12.8 Å². The molecule has 0 heterocycles. The molecular formula is C52H102NO8P. The maximum Gasteiger partial charge on any atom is 0.306 e. The Hall–Kier alpha value is -1.25. The molecule has 0 spiro atoms. The first-order chi connectivity index (χ1) is 30.0. The first-order valence-corrected chi connectivity index (χ1v) is 27.9. The average Bonchev–Trinajstić information content (AvgIpc) is 3.23. The van der Waals surface area contributed by atoms with Crippen LogP contribution in [0.4, 0.5) is 0 Å². The van der Waals surface area contributed by atoms with Crippen molar-refractivity contribution in [3.63, 3.8) is 0 Å². The van der Waals surface area contributed by atoms with Crippen molar-refractivity contribution < 1.29 is 42.1 Å². The molecule has 10 heteroatoms. The second kappa shape index (κ2) is 44.9. The van der Waals surface area contributed by atoms with Crippen molar-refractivity contribution in [2.45, 2.75) is 264 Å². The molecule has 0 aliphatic rings. The van der Waals surface area contributed by atoms with Crippen LogP contribution >= 0.6 is 7.82 Å². The van der Waals surface area contributed by atoms with Crippen LogP contribution in [0.3, 0.4) is 0 Å². The topological polar surface area (TPSA) is 111 Å². The van der Waals surface area contributed by atoms with Gasteiger partial charge in [-0.05, 0) is 38.5 Å². The number of phosphoric acid groups is 1. The van der Waals surface area contributed by atoms with Gasteiger partial charge in [-0.25, -0.2) is 0 Å². The molecule has 0 aliphatic carbocycles. The zero-order chi connectivity index (χ0) is 45.7.